The summed E-state index contributed by atoms with van der Waals surface area (Å²) in [5.41, 5.74) is 1.55. The second-order valence-electron chi connectivity index (χ2n) is 16.2. The van der Waals surface area contributed by atoms with Crippen LogP contribution in [0, 0.1) is 56.7 Å². The van der Waals surface area contributed by atoms with Gasteiger partial charge < -0.3 is 9.84 Å². The van der Waals surface area contributed by atoms with Crippen molar-refractivity contribution in [1.82, 2.24) is 0 Å². The minimum Gasteiger partial charge on any atom is -0.460 e. The molecule has 0 saturated heterocycles. The number of allylic oxidation sites excluding steroid dienone is 2. The third-order valence-corrected chi connectivity index (χ3v) is 14.3. The van der Waals surface area contributed by atoms with Crippen molar-refractivity contribution in [2.45, 2.75) is 113 Å². The lowest BCUT2D eigenvalue weighted by Gasteiger charge is -2.71. The fourth-order valence-electron chi connectivity index (χ4n) is 11.7. The number of rotatable bonds is 3. The summed E-state index contributed by atoms with van der Waals surface area (Å²) < 4.78 is 6.16. The molecule has 0 bridgehead atoms. The minimum atomic E-state index is -0.871. The maximum Gasteiger partial charge on any atom is 0.313 e. The zero-order valence-electron chi connectivity index (χ0n) is 26.5. The van der Waals surface area contributed by atoms with Crippen LogP contribution in [0.2, 0.25) is 0 Å². The Morgan fingerprint density at radius 2 is 1.66 bits per heavy atom. The Balaban J connectivity index is 1.38. The number of carbonyl (C=O) groups is 2. The van der Waals surface area contributed by atoms with Gasteiger partial charge in [0, 0.05) is 5.41 Å². The lowest BCUT2D eigenvalue weighted by atomic mass is 9.33. The fraction of sp³-hybridized carbons (Fsp3) is 0.730. The van der Waals surface area contributed by atoms with E-state index in [9.17, 15) is 14.7 Å². The molecule has 1 N–H and O–H groups in total. The molecule has 4 fully saturated rings. The van der Waals surface area contributed by atoms with E-state index in [-0.39, 0.29) is 39.8 Å². The third-order valence-electron chi connectivity index (χ3n) is 14.3. The van der Waals surface area contributed by atoms with Gasteiger partial charge in [-0.1, -0.05) is 90.4 Å². The molecule has 4 nitrogen and oxygen atoms in total. The largest absolute Gasteiger partial charge is 0.460 e. The van der Waals surface area contributed by atoms with E-state index >= 15 is 0 Å². The Bertz CT molecular complexity index is 1250. The Morgan fingerprint density at radius 1 is 0.951 bits per heavy atom. The van der Waals surface area contributed by atoms with Gasteiger partial charge in [0.15, 0.2) is 5.78 Å². The molecule has 0 aromatic heterocycles. The van der Waals surface area contributed by atoms with Crippen LogP contribution in [0.3, 0.4) is 0 Å². The minimum absolute atomic E-state index is 0.00617. The molecule has 0 aliphatic heterocycles. The first kappa shape index (κ1) is 29.1. The standard InChI is InChI=1S/C37H52O4/c1-23-15-18-37(32(40)41-22-25-11-9-8-10-12-25)20-19-35(6)26(30(37)24(23)2)13-14-29-34(5)21-27(38)31(39)33(3,4)28(34)16-17-36(29,35)7/h8-13,23-24,27-30,38H,14-22H2,1-7H3/t23-,24+,27-,28?,29?,30?,34+,35-,36-,37+/m1/s1. The number of ketones is 1. The van der Waals surface area contributed by atoms with Crippen LogP contribution in [-0.4, -0.2) is 23.0 Å². The van der Waals surface area contributed by atoms with Gasteiger partial charge in [-0.25, -0.2) is 0 Å². The Labute approximate surface area is 247 Å². The van der Waals surface area contributed by atoms with E-state index < -0.39 is 16.9 Å². The molecule has 224 valence electrons. The maximum absolute atomic E-state index is 14.2. The molecular weight excluding hydrogens is 508 g/mol. The molecule has 4 heteroatoms. The van der Waals surface area contributed by atoms with E-state index in [0.29, 0.717) is 30.8 Å². The Hall–Kier alpha value is -1.94. The molecule has 0 heterocycles. The van der Waals surface area contributed by atoms with Crippen LogP contribution in [0.4, 0.5) is 0 Å². The normalized spacial score (nSPS) is 46.7. The van der Waals surface area contributed by atoms with Gasteiger partial charge in [-0.15, -0.1) is 0 Å². The van der Waals surface area contributed by atoms with Gasteiger partial charge >= 0.3 is 5.97 Å². The molecule has 41 heavy (non-hydrogen) atoms. The summed E-state index contributed by atoms with van der Waals surface area (Å²) in [4.78, 5) is 27.3. The zero-order valence-corrected chi connectivity index (χ0v) is 26.5. The molecular formula is C37H52O4. The average molecular weight is 561 g/mol. The fourth-order valence-corrected chi connectivity index (χ4v) is 11.7. The van der Waals surface area contributed by atoms with Gasteiger partial charge in [-0.05, 0) is 103 Å². The highest BCUT2D eigenvalue weighted by atomic mass is 16.5. The highest BCUT2D eigenvalue weighted by Gasteiger charge is 2.70. The van der Waals surface area contributed by atoms with Gasteiger partial charge in [0.05, 0.1) is 5.41 Å². The average Bonchev–Trinajstić information content (AvgIpc) is 2.93. The smallest absolute Gasteiger partial charge is 0.313 e. The molecule has 10 atom stereocenters. The van der Waals surface area contributed by atoms with Crippen molar-refractivity contribution in [3.63, 3.8) is 0 Å². The Morgan fingerprint density at radius 3 is 2.37 bits per heavy atom. The number of hydrogen-bond donors (Lipinski definition) is 1. The van der Waals surface area contributed by atoms with Crippen LogP contribution >= 0.6 is 0 Å². The van der Waals surface area contributed by atoms with E-state index in [1.54, 1.807) is 0 Å². The molecule has 6 rings (SSSR count). The topological polar surface area (TPSA) is 63.6 Å². The predicted molar refractivity (Wildman–Crippen MR) is 162 cm³/mol. The van der Waals surface area contributed by atoms with Gasteiger partial charge in [-0.2, -0.15) is 0 Å². The van der Waals surface area contributed by atoms with Crippen LogP contribution in [0.25, 0.3) is 0 Å². The molecule has 1 aromatic rings. The number of Topliss-reactive ketones (excluding diaryl/α,β-unsaturated/α-hetero) is 1. The monoisotopic (exact) mass is 560 g/mol. The van der Waals surface area contributed by atoms with Gasteiger partial charge in [-0.3, -0.25) is 9.59 Å². The molecule has 5 aliphatic carbocycles. The van der Waals surface area contributed by atoms with E-state index in [1.165, 1.54) is 5.57 Å². The summed E-state index contributed by atoms with van der Waals surface area (Å²) in [6.07, 6.45) is 9.21. The number of fused-ring (bicyclic) bond motifs is 7. The SMILES string of the molecule is C[C@@H]1CC[C@]2(C(=O)OCc3ccccc3)CC[C@]3(C)C(=CCC4[C@@]5(C)C[C@@H](O)C(=O)C(C)(C)C5CC[C@]43C)C2[C@H]1C. The summed E-state index contributed by atoms with van der Waals surface area (Å²) in [5.74, 6) is 1.91. The Kier molecular flexibility index (Phi) is 6.77. The molecule has 5 aliphatic rings. The number of esters is 1. The van der Waals surface area contributed by atoms with Crippen molar-refractivity contribution in [1.29, 1.82) is 0 Å². The van der Waals surface area contributed by atoms with Crippen molar-refractivity contribution in [2.24, 2.45) is 56.7 Å². The first-order valence-electron chi connectivity index (χ1n) is 16.4. The summed E-state index contributed by atoms with van der Waals surface area (Å²) in [5, 5.41) is 11.0. The first-order valence-corrected chi connectivity index (χ1v) is 16.4. The van der Waals surface area contributed by atoms with E-state index in [0.717, 1.165) is 50.5 Å². The number of carbonyl (C=O) groups excluding carboxylic acids is 2. The summed E-state index contributed by atoms with van der Waals surface area (Å²) in [7, 11) is 0. The van der Waals surface area contributed by atoms with Crippen LogP contribution in [0.1, 0.15) is 105 Å². The molecule has 0 radical (unpaired) electrons. The number of benzene rings is 1. The molecule has 0 amide bonds. The van der Waals surface area contributed by atoms with E-state index in [2.05, 4.69) is 54.5 Å². The van der Waals surface area contributed by atoms with Crippen LogP contribution in [0.15, 0.2) is 42.0 Å². The number of aliphatic hydroxyl groups excluding tert-OH is 1. The number of aliphatic hydroxyl groups is 1. The van der Waals surface area contributed by atoms with E-state index in [4.69, 9.17) is 4.74 Å². The van der Waals surface area contributed by atoms with Crippen molar-refractivity contribution >= 4 is 11.8 Å². The van der Waals surface area contributed by atoms with Crippen LogP contribution in [-0.2, 0) is 20.9 Å². The second-order valence-corrected chi connectivity index (χ2v) is 16.2. The molecule has 1 aromatic carbocycles. The highest BCUT2D eigenvalue weighted by molar-refractivity contribution is 5.89. The lowest BCUT2D eigenvalue weighted by Crippen LogP contribution is -2.66. The first-order chi connectivity index (χ1) is 19.2. The maximum atomic E-state index is 14.2. The quantitative estimate of drug-likeness (QED) is 0.301. The molecule has 3 unspecified atom stereocenters. The highest BCUT2D eigenvalue weighted by Crippen LogP contribution is 2.75. The predicted octanol–water partition coefficient (Wildman–Crippen LogP) is 7.93. The van der Waals surface area contributed by atoms with Crippen molar-refractivity contribution in [3.8, 4) is 0 Å². The summed E-state index contributed by atoms with van der Waals surface area (Å²) in [6, 6.07) is 10.1. The van der Waals surface area contributed by atoms with E-state index in [1.807, 2.05) is 30.3 Å². The third kappa shape index (κ3) is 3.87. The van der Waals surface area contributed by atoms with Gasteiger partial charge in [0.1, 0.15) is 12.7 Å². The molecule has 4 saturated carbocycles. The van der Waals surface area contributed by atoms with Gasteiger partial charge in [0.25, 0.3) is 0 Å². The molecule has 0 spiro atoms. The lowest BCUT2D eigenvalue weighted by molar-refractivity contribution is -0.202. The summed E-state index contributed by atoms with van der Waals surface area (Å²) in [6.45, 7) is 16.7. The summed E-state index contributed by atoms with van der Waals surface area (Å²) >= 11 is 0. The number of hydrogen-bond acceptors (Lipinski definition) is 4. The van der Waals surface area contributed by atoms with Crippen LogP contribution < -0.4 is 0 Å². The van der Waals surface area contributed by atoms with Crippen molar-refractivity contribution < 1.29 is 19.4 Å². The number of ether oxygens (including phenoxy) is 1. The van der Waals surface area contributed by atoms with Gasteiger partial charge in [0.2, 0.25) is 0 Å². The van der Waals surface area contributed by atoms with Crippen molar-refractivity contribution in [3.05, 3.63) is 47.5 Å². The second kappa shape index (κ2) is 9.53. The van der Waals surface area contributed by atoms with Crippen molar-refractivity contribution in [2.75, 3.05) is 0 Å². The zero-order chi connectivity index (χ0) is 29.6. The van der Waals surface area contributed by atoms with Crippen LogP contribution in [0.5, 0.6) is 0 Å².